The van der Waals surface area contributed by atoms with Crippen LogP contribution in [0.1, 0.15) is 13.8 Å². The number of carbonyl (C=O) groups excluding carboxylic acids is 2. The van der Waals surface area contributed by atoms with E-state index < -0.39 is 6.10 Å². The zero-order valence-electron chi connectivity index (χ0n) is 14.1. The average Bonchev–Trinajstić information content (AvgIpc) is 2.56. The molecule has 0 saturated carbocycles. The summed E-state index contributed by atoms with van der Waals surface area (Å²) in [6.45, 7) is 3.06. The number of hydrogen-bond acceptors (Lipinski definition) is 4. The molecule has 0 heterocycles. The Morgan fingerprint density at radius 1 is 1.08 bits per heavy atom. The zero-order chi connectivity index (χ0) is 18.4. The first kappa shape index (κ1) is 18.6. The normalized spacial score (nSPS) is 11.4. The second-order valence-electron chi connectivity index (χ2n) is 5.30. The molecule has 0 aliphatic rings. The van der Waals surface area contributed by atoms with Crippen molar-refractivity contribution in [3.63, 3.8) is 0 Å². The third kappa shape index (κ3) is 5.39. The van der Waals surface area contributed by atoms with Crippen LogP contribution in [0.3, 0.4) is 0 Å². The molecule has 0 aromatic heterocycles. The van der Waals surface area contributed by atoms with Crippen molar-refractivity contribution < 1.29 is 19.1 Å². The van der Waals surface area contributed by atoms with Gasteiger partial charge in [-0.2, -0.15) is 0 Å². The SMILES string of the molecule is COc1ccc(Cl)cc1NC(=O)[C@@H](C)Oc1ccc(NC(C)=O)cc1. The Bertz CT molecular complexity index is 762. The Morgan fingerprint density at radius 2 is 1.76 bits per heavy atom. The van der Waals surface area contributed by atoms with Gasteiger partial charge in [-0.3, -0.25) is 9.59 Å². The topological polar surface area (TPSA) is 76.7 Å². The van der Waals surface area contributed by atoms with Crippen LogP contribution in [0.25, 0.3) is 0 Å². The molecule has 0 unspecified atom stereocenters. The molecule has 2 N–H and O–H groups in total. The second-order valence-corrected chi connectivity index (χ2v) is 5.74. The molecule has 0 radical (unpaired) electrons. The number of methoxy groups -OCH3 is 1. The van der Waals surface area contributed by atoms with E-state index in [-0.39, 0.29) is 11.8 Å². The fourth-order valence-corrected chi connectivity index (χ4v) is 2.26. The summed E-state index contributed by atoms with van der Waals surface area (Å²) < 4.78 is 10.8. The Hall–Kier alpha value is -2.73. The monoisotopic (exact) mass is 362 g/mol. The van der Waals surface area contributed by atoms with Crippen LogP contribution >= 0.6 is 11.6 Å². The molecule has 0 aliphatic heterocycles. The highest BCUT2D eigenvalue weighted by molar-refractivity contribution is 6.31. The van der Waals surface area contributed by atoms with Crippen molar-refractivity contribution in [1.29, 1.82) is 0 Å². The van der Waals surface area contributed by atoms with Crippen LogP contribution in [-0.4, -0.2) is 25.0 Å². The number of halogens is 1. The van der Waals surface area contributed by atoms with Crippen molar-refractivity contribution in [2.75, 3.05) is 17.7 Å². The van der Waals surface area contributed by atoms with Gasteiger partial charge in [0, 0.05) is 17.6 Å². The van der Waals surface area contributed by atoms with Gasteiger partial charge in [0.25, 0.3) is 5.91 Å². The lowest BCUT2D eigenvalue weighted by molar-refractivity contribution is -0.122. The molecule has 0 aliphatic carbocycles. The van der Waals surface area contributed by atoms with E-state index in [2.05, 4.69) is 10.6 Å². The summed E-state index contributed by atoms with van der Waals surface area (Å²) in [5, 5.41) is 5.87. The fraction of sp³-hybridized carbons (Fsp3) is 0.222. The largest absolute Gasteiger partial charge is 0.495 e. The minimum atomic E-state index is -0.740. The lowest BCUT2D eigenvalue weighted by Crippen LogP contribution is -2.30. The number of anilines is 2. The van der Waals surface area contributed by atoms with E-state index in [0.717, 1.165) is 0 Å². The van der Waals surface area contributed by atoms with Crippen LogP contribution in [0.4, 0.5) is 11.4 Å². The predicted octanol–water partition coefficient (Wildman–Crippen LogP) is 3.71. The van der Waals surface area contributed by atoms with Crippen molar-refractivity contribution in [2.45, 2.75) is 20.0 Å². The Morgan fingerprint density at radius 3 is 2.36 bits per heavy atom. The van der Waals surface area contributed by atoms with Crippen molar-refractivity contribution in [1.82, 2.24) is 0 Å². The molecule has 2 aromatic carbocycles. The van der Waals surface area contributed by atoms with E-state index in [9.17, 15) is 9.59 Å². The number of ether oxygens (including phenoxy) is 2. The van der Waals surface area contributed by atoms with E-state index in [4.69, 9.17) is 21.1 Å². The molecule has 0 fully saturated rings. The van der Waals surface area contributed by atoms with Gasteiger partial charge >= 0.3 is 0 Å². The van der Waals surface area contributed by atoms with Crippen LogP contribution in [0, 0.1) is 0 Å². The Kier molecular flexibility index (Phi) is 6.25. The van der Waals surface area contributed by atoms with Gasteiger partial charge in [0.2, 0.25) is 5.91 Å². The van der Waals surface area contributed by atoms with Gasteiger partial charge < -0.3 is 20.1 Å². The molecule has 0 spiro atoms. The summed E-state index contributed by atoms with van der Waals surface area (Å²) in [6.07, 6.45) is -0.740. The van der Waals surface area contributed by atoms with E-state index in [1.165, 1.54) is 14.0 Å². The molecule has 2 rings (SSSR count). The summed E-state index contributed by atoms with van der Waals surface area (Å²) in [6, 6.07) is 11.7. The first-order chi connectivity index (χ1) is 11.9. The molecule has 2 amide bonds. The fourth-order valence-electron chi connectivity index (χ4n) is 2.09. The van der Waals surface area contributed by atoms with E-state index in [1.807, 2.05) is 0 Å². The van der Waals surface area contributed by atoms with Gasteiger partial charge in [0.1, 0.15) is 11.5 Å². The van der Waals surface area contributed by atoms with Crippen LogP contribution in [0.5, 0.6) is 11.5 Å². The van der Waals surface area contributed by atoms with Crippen molar-refractivity contribution in [3.8, 4) is 11.5 Å². The van der Waals surface area contributed by atoms with Crippen LogP contribution in [0.2, 0.25) is 5.02 Å². The van der Waals surface area contributed by atoms with E-state index >= 15 is 0 Å². The molecule has 6 nitrogen and oxygen atoms in total. The molecule has 0 bridgehead atoms. The molecule has 0 saturated heterocycles. The first-order valence-corrected chi connectivity index (χ1v) is 7.95. The highest BCUT2D eigenvalue weighted by Crippen LogP contribution is 2.28. The lowest BCUT2D eigenvalue weighted by atomic mass is 10.2. The molecule has 132 valence electrons. The van der Waals surface area contributed by atoms with Gasteiger partial charge in [-0.25, -0.2) is 0 Å². The average molecular weight is 363 g/mol. The summed E-state index contributed by atoms with van der Waals surface area (Å²) >= 11 is 5.95. The smallest absolute Gasteiger partial charge is 0.265 e. The van der Waals surface area contributed by atoms with Gasteiger partial charge in [0.05, 0.1) is 12.8 Å². The predicted molar refractivity (Wildman–Crippen MR) is 97.5 cm³/mol. The number of rotatable bonds is 6. The Balaban J connectivity index is 2.00. The number of hydrogen-bond donors (Lipinski definition) is 2. The van der Waals surface area contributed by atoms with Crippen molar-refractivity contribution >= 4 is 34.8 Å². The molecule has 25 heavy (non-hydrogen) atoms. The summed E-state index contributed by atoms with van der Waals surface area (Å²) in [5.74, 6) is 0.516. The van der Waals surface area contributed by atoms with Crippen LogP contribution < -0.4 is 20.1 Å². The quantitative estimate of drug-likeness (QED) is 0.821. The molecular weight excluding hydrogens is 344 g/mol. The number of carbonyl (C=O) groups is 2. The number of benzene rings is 2. The van der Waals surface area contributed by atoms with Crippen LogP contribution in [-0.2, 0) is 9.59 Å². The first-order valence-electron chi connectivity index (χ1n) is 7.57. The summed E-state index contributed by atoms with van der Waals surface area (Å²) in [5.41, 5.74) is 1.12. The second kappa shape index (κ2) is 8.39. The summed E-state index contributed by atoms with van der Waals surface area (Å²) in [7, 11) is 1.51. The number of amides is 2. The minimum absolute atomic E-state index is 0.156. The number of nitrogens with one attached hydrogen (secondary N) is 2. The standard InChI is InChI=1S/C18H19ClN2O4/c1-11(25-15-7-5-14(6-8-15)20-12(2)22)18(23)21-16-10-13(19)4-9-17(16)24-3/h4-11H,1-3H3,(H,20,22)(H,21,23)/t11-/m1/s1. The maximum atomic E-state index is 12.3. The lowest BCUT2D eigenvalue weighted by Gasteiger charge is -2.16. The molecule has 1 atom stereocenters. The van der Waals surface area contributed by atoms with Crippen molar-refractivity contribution in [2.24, 2.45) is 0 Å². The third-order valence-corrected chi connectivity index (χ3v) is 3.51. The van der Waals surface area contributed by atoms with E-state index in [1.54, 1.807) is 49.4 Å². The molecular formula is C18H19ClN2O4. The van der Waals surface area contributed by atoms with Crippen LogP contribution in [0.15, 0.2) is 42.5 Å². The highest BCUT2D eigenvalue weighted by Gasteiger charge is 2.17. The van der Waals surface area contributed by atoms with Gasteiger partial charge in [0.15, 0.2) is 6.10 Å². The molecule has 2 aromatic rings. The zero-order valence-corrected chi connectivity index (χ0v) is 14.9. The summed E-state index contributed by atoms with van der Waals surface area (Å²) in [4.78, 5) is 23.3. The maximum absolute atomic E-state index is 12.3. The van der Waals surface area contributed by atoms with E-state index in [0.29, 0.717) is 27.9 Å². The molecule has 7 heteroatoms. The maximum Gasteiger partial charge on any atom is 0.265 e. The van der Waals surface area contributed by atoms with Gasteiger partial charge in [-0.15, -0.1) is 0 Å². The minimum Gasteiger partial charge on any atom is -0.495 e. The van der Waals surface area contributed by atoms with Gasteiger partial charge in [-0.1, -0.05) is 11.6 Å². The highest BCUT2D eigenvalue weighted by atomic mass is 35.5. The third-order valence-electron chi connectivity index (χ3n) is 3.28. The van der Waals surface area contributed by atoms with Gasteiger partial charge in [-0.05, 0) is 49.4 Å². The van der Waals surface area contributed by atoms with Crippen molar-refractivity contribution in [3.05, 3.63) is 47.5 Å². The Labute approximate surface area is 151 Å².